The van der Waals surface area contributed by atoms with Gasteiger partial charge in [0.15, 0.2) is 0 Å². The van der Waals surface area contributed by atoms with E-state index in [0.717, 1.165) is 49.5 Å². The highest BCUT2D eigenvalue weighted by atomic mass is 35.5. The monoisotopic (exact) mass is 469 g/mol. The number of aromatic nitrogens is 1. The first-order valence-electron chi connectivity index (χ1n) is 10.9. The molecule has 1 aliphatic heterocycles. The van der Waals surface area contributed by atoms with Gasteiger partial charge in [0.1, 0.15) is 5.76 Å². The second kappa shape index (κ2) is 11.0. The Morgan fingerprint density at radius 3 is 2.59 bits per heavy atom. The molecule has 0 atom stereocenters. The molecule has 1 N–H and O–H groups in total. The largest absolute Gasteiger partial charge is 0.441 e. The zero-order valence-electron chi connectivity index (χ0n) is 18.2. The normalized spacial score (nSPS) is 15.1. The molecule has 1 aliphatic rings. The molecule has 168 valence electrons. The fraction of sp³-hybridized carbons (Fsp3) is 0.360. The molecule has 3 aromatic rings. The number of aryl methyl sites for hydroxylation is 1. The van der Waals surface area contributed by atoms with E-state index >= 15 is 0 Å². The molecule has 0 saturated carbocycles. The second-order valence-corrected chi connectivity index (χ2v) is 9.55. The van der Waals surface area contributed by atoms with E-state index in [1.54, 1.807) is 11.8 Å². The number of oxazole rings is 1. The van der Waals surface area contributed by atoms with Gasteiger partial charge in [-0.05, 0) is 49.6 Å². The van der Waals surface area contributed by atoms with E-state index in [0.29, 0.717) is 22.4 Å². The lowest BCUT2D eigenvalue weighted by atomic mass is 10.0. The number of thioether (sulfide) groups is 1. The minimum absolute atomic E-state index is 0.0931. The number of benzene rings is 2. The first-order chi connectivity index (χ1) is 15.6. The van der Waals surface area contributed by atoms with Crippen LogP contribution in [-0.4, -0.2) is 40.7 Å². The Hall–Kier alpha value is -2.28. The fourth-order valence-corrected chi connectivity index (χ4v) is 4.82. The predicted molar refractivity (Wildman–Crippen MR) is 131 cm³/mol. The fourth-order valence-electron chi connectivity index (χ4n) is 3.86. The molecule has 1 saturated heterocycles. The third-order valence-corrected chi connectivity index (χ3v) is 6.85. The predicted octanol–water partition coefficient (Wildman–Crippen LogP) is 5.32. The first-order valence-corrected chi connectivity index (χ1v) is 12.5. The molecule has 32 heavy (non-hydrogen) atoms. The van der Waals surface area contributed by atoms with E-state index < -0.39 is 0 Å². The Balaban J connectivity index is 1.18. The topological polar surface area (TPSA) is 58.4 Å². The van der Waals surface area contributed by atoms with Gasteiger partial charge in [-0.25, -0.2) is 4.98 Å². The van der Waals surface area contributed by atoms with Gasteiger partial charge >= 0.3 is 0 Å². The van der Waals surface area contributed by atoms with Gasteiger partial charge in [-0.1, -0.05) is 41.9 Å². The highest BCUT2D eigenvalue weighted by Crippen LogP contribution is 2.25. The number of nitrogens with zero attached hydrogens (tertiary/aromatic N) is 2. The molecule has 0 unspecified atom stereocenters. The molecule has 4 rings (SSSR count). The summed E-state index contributed by atoms with van der Waals surface area (Å²) in [6.07, 6.45) is 1.99. The Labute approximate surface area is 198 Å². The van der Waals surface area contributed by atoms with Crippen LogP contribution >= 0.6 is 23.4 Å². The van der Waals surface area contributed by atoms with E-state index in [4.69, 9.17) is 16.0 Å². The molecule has 1 fully saturated rings. The lowest BCUT2D eigenvalue weighted by Gasteiger charge is -2.32. The van der Waals surface area contributed by atoms with Crippen molar-refractivity contribution in [3.05, 3.63) is 76.6 Å². The van der Waals surface area contributed by atoms with Crippen molar-refractivity contribution in [1.29, 1.82) is 0 Å². The van der Waals surface area contributed by atoms with Crippen molar-refractivity contribution < 1.29 is 9.21 Å². The van der Waals surface area contributed by atoms with Gasteiger partial charge in [-0.2, -0.15) is 0 Å². The third-order valence-electron chi connectivity index (χ3n) is 5.66. The van der Waals surface area contributed by atoms with E-state index in [1.165, 1.54) is 5.56 Å². The van der Waals surface area contributed by atoms with Crippen molar-refractivity contribution in [1.82, 2.24) is 15.2 Å². The third kappa shape index (κ3) is 6.37. The van der Waals surface area contributed by atoms with Crippen LogP contribution < -0.4 is 5.32 Å². The summed E-state index contributed by atoms with van der Waals surface area (Å²) in [6, 6.07) is 18.2. The van der Waals surface area contributed by atoms with Gasteiger partial charge in [0, 0.05) is 42.0 Å². The van der Waals surface area contributed by atoms with Crippen LogP contribution in [0, 0.1) is 6.92 Å². The molecular weight excluding hydrogens is 442 g/mol. The van der Waals surface area contributed by atoms with Gasteiger partial charge in [0.2, 0.25) is 11.8 Å². The summed E-state index contributed by atoms with van der Waals surface area (Å²) >= 11 is 7.51. The van der Waals surface area contributed by atoms with Gasteiger partial charge in [-0.15, -0.1) is 11.8 Å². The van der Waals surface area contributed by atoms with Crippen molar-refractivity contribution in [2.45, 2.75) is 38.1 Å². The molecule has 0 bridgehead atoms. The number of halogens is 1. The van der Waals surface area contributed by atoms with Crippen LogP contribution in [0.4, 0.5) is 0 Å². The quantitative estimate of drug-likeness (QED) is 0.484. The molecule has 5 nitrogen and oxygen atoms in total. The maximum Gasteiger partial charge on any atom is 0.230 e. The zero-order chi connectivity index (χ0) is 22.3. The van der Waals surface area contributed by atoms with Gasteiger partial charge in [0.25, 0.3) is 0 Å². The number of carbonyl (C=O) groups is 1. The number of piperidine rings is 1. The molecule has 0 aliphatic carbocycles. The highest BCUT2D eigenvalue weighted by Gasteiger charge is 2.21. The molecule has 0 radical (unpaired) electrons. The van der Waals surface area contributed by atoms with Gasteiger partial charge in [-0.3, -0.25) is 9.69 Å². The van der Waals surface area contributed by atoms with E-state index in [1.807, 2.05) is 37.3 Å². The standard InChI is InChI=1S/C25H28ClN3O2S/c1-18-23(28-25(31-18)20-7-9-21(26)10-8-20)16-32-17-24(30)27-22-11-13-29(14-12-22)15-19-5-3-2-4-6-19/h2-10,22H,11-17H2,1H3,(H,27,30). The van der Waals surface area contributed by atoms with Crippen molar-refractivity contribution in [2.75, 3.05) is 18.8 Å². The number of likely N-dealkylation sites (tertiary alicyclic amines) is 1. The Morgan fingerprint density at radius 1 is 1.16 bits per heavy atom. The summed E-state index contributed by atoms with van der Waals surface area (Å²) in [5, 5.41) is 3.88. The summed E-state index contributed by atoms with van der Waals surface area (Å²) in [7, 11) is 0. The molecule has 0 spiro atoms. The summed E-state index contributed by atoms with van der Waals surface area (Å²) in [4.78, 5) is 19.5. The number of rotatable bonds is 8. The second-order valence-electron chi connectivity index (χ2n) is 8.13. The number of carbonyl (C=O) groups excluding carboxylic acids is 1. The van der Waals surface area contributed by atoms with Gasteiger partial charge in [0.05, 0.1) is 11.4 Å². The summed E-state index contributed by atoms with van der Waals surface area (Å²) in [5.41, 5.74) is 3.11. The lowest BCUT2D eigenvalue weighted by molar-refractivity contribution is -0.119. The Morgan fingerprint density at radius 2 is 1.88 bits per heavy atom. The van der Waals surface area contributed by atoms with Crippen LogP contribution in [0.15, 0.2) is 59.0 Å². The van der Waals surface area contributed by atoms with Crippen LogP contribution in [0.3, 0.4) is 0 Å². The summed E-state index contributed by atoms with van der Waals surface area (Å²) in [6.45, 7) is 4.91. The number of amides is 1. The molecule has 1 amide bonds. The summed E-state index contributed by atoms with van der Waals surface area (Å²) in [5.74, 6) is 2.53. The lowest BCUT2D eigenvalue weighted by Crippen LogP contribution is -2.44. The smallest absolute Gasteiger partial charge is 0.230 e. The molecule has 7 heteroatoms. The van der Waals surface area contributed by atoms with Gasteiger partial charge < -0.3 is 9.73 Å². The summed E-state index contributed by atoms with van der Waals surface area (Å²) < 4.78 is 5.80. The van der Waals surface area contributed by atoms with Crippen molar-refractivity contribution in [3.8, 4) is 11.5 Å². The maximum atomic E-state index is 12.4. The highest BCUT2D eigenvalue weighted by molar-refractivity contribution is 7.99. The number of hydrogen-bond donors (Lipinski definition) is 1. The van der Waals surface area contributed by atoms with E-state index in [2.05, 4.69) is 39.5 Å². The van der Waals surface area contributed by atoms with Crippen molar-refractivity contribution >= 4 is 29.3 Å². The SMILES string of the molecule is Cc1oc(-c2ccc(Cl)cc2)nc1CSCC(=O)NC1CCN(Cc2ccccc2)CC1. The van der Waals surface area contributed by atoms with Crippen LogP contribution in [0.5, 0.6) is 0 Å². The van der Waals surface area contributed by atoms with E-state index in [9.17, 15) is 4.79 Å². The minimum atomic E-state index is 0.0931. The van der Waals surface area contributed by atoms with E-state index in [-0.39, 0.29) is 11.9 Å². The first kappa shape index (κ1) is 22.9. The maximum absolute atomic E-state index is 12.4. The van der Waals surface area contributed by atoms with Crippen LogP contribution in [0.25, 0.3) is 11.5 Å². The molecule has 2 aromatic carbocycles. The average Bonchev–Trinajstić information content (AvgIpc) is 3.17. The molecule has 1 aromatic heterocycles. The average molecular weight is 470 g/mol. The van der Waals surface area contributed by atoms with Crippen LogP contribution in [0.1, 0.15) is 29.9 Å². The zero-order valence-corrected chi connectivity index (χ0v) is 19.8. The van der Waals surface area contributed by atoms with Crippen LogP contribution in [0.2, 0.25) is 5.02 Å². The van der Waals surface area contributed by atoms with Crippen molar-refractivity contribution in [3.63, 3.8) is 0 Å². The molecular formula is C25H28ClN3O2S. The van der Waals surface area contributed by atoms with Crippen LogP contribution in [-0.2, 0) is 17.1 Å². The number of hydrogen-bond acceptors (Lipinski definition) is 5. The Kier molecular flexibility index (Phi) is 7.90. The van der Waals surface area contributed by atoms with Crippen molar-refractivity contribution in [2.24, 2.45) is 0 Å². The number of nitrogens with one attached hydrogen (secondary N) is 1. The Bertz CT molecular complexity index is 1020. The molecule has 2 heterocycles. The minimum Gasteiger partial charge on any atom is -0.441 e.